The van der Waals surface area contributed by atoms with Crippen molar-refractivity contribution >= 4 is 17.4 Å². The number of anilines is 2. The fourth-order valence-electron chi connectivity index (χ4n) is 2.19. The highest BCUT2D eigenvalue weighted by Gasteiger charge is 2.05. The van der Waals surface area contributed by atoms with Gasteiger partial charge in [-0.3, -0.25) is 4.79 Å². The molecule has 2 rings (SSSR count). The number of aromatic nitrogens is 1. The summed E-state index contributed by atoms with van der Waals surface area (Å²) in [6, 6.07) is 11.2. The zero-order valence-corrected chi connectivity index (χ0v) is 14.9. The van der Waals surface area contributed by atoms with Gasteiger partial charge in [0.1, 0.15) is 11.6 Å². The van der Waals surface area contributed by atoms with Crippen LogP contribution in [0.15, 0.2) is 42.6 Å². The predicted molar refractivity (Wildman–Crippen MR) is 101 cm³/mol. The Morgan fingerprint density at radius 1 is 1.23 bits per heavy atom. The molecule has 0 aliphatic heterocycles. The lowest BCUT2D eigenvalue weighted by molar-refractivity contribution is -0.118. The average molecular weight is 359 g/mol. The fourth-order valence-corrected chi connectivity index (χ4v) is 2.19. The summed E-state index contributed by atoms with van der Waals surface area (Å²) in [6.07, 6.45) is 2.50. The lowest BCUT2D eigenvalue weighted by atomic mass is 10.2. The van der Waals surface area contributed by atoms with Crippen LogP contribution in [-0.2, 0) is 16.0 Å². The molecule has 26 heavy (non-hydrogen) atoms. The van der Waals surface area contributed by atoms with Crippen LogP contribution in [-0.4, -0.2) is 49.0 Å². The van der Waals surface area contributed by atoms with Gasteiger partial charge < -0.3 is 25.2 Å². The standard InChI is InChI=1S/C19H25N3O4/c1-2-15-4-3-5-17(12-15)26-14-19(24)22-16-6-7-18(21-13-16)20-8-10-25-11-9-23/h3-7,12-13,23H,2,8-11,14H2,1H3,(H,20,21)(H,22,24). The number of pyridine rings is 1. The number of ether oxygens (including phenoxy) is 2. The Labute approximate surface area is 153 Å². The molecule has 3 N–H and O–H groups in total. The van der Waals surface area contributed by atoms with E-state index in [0.29, 0.717) is 37.0 Å². The van der Waals surface area contributed by atoms with E-state index in [1.165, 1.54) is 0 Å². The number of aliphatic hydroxyl groups is 1. The number of hydrogen-bond donors (Lipinski definition) is 3. The van der Waals surface area contributed by atoms with Crippen LogP contribution in [0.2, 0.25) is 0 Å². The first-order chi connectivity index (χ1) is 12.7. The van der Waals surface area contributed by atoms with Crippen molar-refractivity contribution in [1.29, 1.82) is 0 Å². The van der Waals surface area contributed by atoms with Gasteiger partial charge in [-0.25, -0.2) is 4.98 Å². The number of nitrogens with one attached hydrogen (secondary N) is 2. The molecule has 0 saturated carbocycles. The molecule has 0 bridgehead atoms. The predicted octanol–water partition coefficient (Wildman–Crippen LogP) is 2.08. The number of carbonyl (C=O) groups is 1. The molecule has 0 aliphatic rings. The number of nitrogens with zero attached hydrogens (tertiary/aromatic N) is 1. The second kappa shape index (κ2) is 11.1. The third-order valence-corrected chi connectivity index (χ3v) is 3.51. The van der Waals surface area contributed by atoms with E-state index in [1.54, 1.807) is 18.3 Å². The lowest BCUT2D eigenvalue weighted by Crippen LogP contribution is -2.20. The highest BCUT2D eigenvalue weighted by Crippen LogP contribution is 2.14. The monoisotopic (exact) mass is 359 g/mol. The van der Waals surface area contributed by atoms with Gasteiger partial charge in [0.25, 0.3) is 5.91 Å². The van der Waals surface area contributed by atoms with Crippen molar-refractivity contribution in [2.45, 2.75) is 13.3 Å². The van der Waals surface area contributed by atoms with Gasteiger partial charge in [0, 0.05) is 6.54 Å². The molecule has 7 nitrogen and oxygen atoms in total. The minimum atomic E-state index is -0.244. The zero-order valence-electron chi connectivity index (χ0n) is 14.9. The summed E-state index contributed by atoms with van der Waals surface area (Å²) in [7, 11) is 0. The quantitative estimate of drug-likeness (QED) is 0.532. The maximum Gasteiger partial charge on any atom is 0.262 e. The number of aliphatic hydroxyl groups excluding tert-OH is 1. The maximum absolute atomic E-state index is 12.0. The van der Waals surface area contributed by atoms with Crippen molar-refractivity contribution in [3.05, 3.63) is 48.2 Å². The van der Waals surface area contributed by atoms with Gasteiger partial charge in [0.05, 0.1) is 31.7 Å². The van der Waals surface area contributed by atoms with Crippen molar-refractivity contribution in [1.82, 2.24) is 4.98 Å². The van der Waals surface area contributed by atoms with Crippen molar-refractivity contribution in [3.63, 3.8) is 0 Å². The number of amides is 1. The van der Waals surface area contributed by atoms with Crippen molar-refractivity contribution in [2.24, 2.45) is 0 Å². The van der Waals surface area contributed by atoms with Crippen molar-refractivity contribution in [2.75, 3.05) is 43.6 Å². The number of rotatable bonds is 11. The highest BCUT2D eigenvalue weighted by atomic mass is 16.5. The molecular formula is C19H25N3O4. The summed E-state index contributed by atoms with van der Waals surface area (Å²) in [5.74, 6) is 1.12. The van der Waals surface area contributed by atoms with Crippen LogP contribution in [0.5, 0.6) is 5.75 Å². The summed E-state index contributed by atoms with van der Waals surface area (Å²) in [4.78, 5) is 16.2. The molecule has 7 heteroatoms. The molecular weight excluding hydrogens is 334 g/mol. The number of benzene rings is 1. The molecule has 0 spiro atoms. The van der Waals surface area contributed by atoms with E-state index in [-0.39, 0.29) is 19.1 Å². The van der Waals surface area contributed by atoms with Crippen LogP contribution in [0.3, 0.4) is 0 Å². The Hall–Kier alpha value is -2.64. The minimum absolute atomic E-state index is 0.0143. The maximum atomic E-state index is 12.0. The number of hydrogen-bond acceptors (Lipinski definition) is 6. The van der Waals surface area contributed by atoms with Gasteiger partial charge in [0.15, 0.2) is 6.61 Å². The molecule has 1 amide bonds. The SMILES string of the molecule is CCc1cccc(OCC(=O)Nc2ccc(NCCOCCO)nc2)c1. The molecule has 1 heterocycles. The summed E-state index contributed by atoms with van der Waals surface area (Å²) < 4.78 is 10.7. The second-order valence-electron chi connectivity index (χ2n) is 5.53. The number of carbonyl (C=O) groups excluding carboxylic acids is 1. The molecule has 0 fully saturated rings. The molecule has 2 aromatic rings. The summed E-state index contributed by atoms with van der Waals surface area (Å²) in [5, 5.41) is 14.4. The topological polar surface area (TPSA) is 92.7 Å². The third-order valence-electron chi connectivity index (χ3n) is 3.51. The molecule has 0 saturated heterocycles. The van der Waals surface area contributed by atoms with E-state index < -0.39 is 0 Å². The Morgan fingerprint density at radius 3 is 2.85 bits per heavy atom. The summed E-state index contributed by atoms with van der Waals surface area (Å²) >= 11 is 0. The Balaban J connectivity index is 1.72. The molecule has 1 aromatic carbocycles. The minimum Gasteiger partial charge on any atom is -0.484 e. The largest absolute Gasteiger partial charge is 0.484 e. The van der Waals surface area contributed by atoms with Crippen LogP contribution in [0, 0.1) is 0 Å². The Morgan fingerprint density at radius 2 is 2.12 bits per heavy atom. The van der Waals surface area contributed by atoms with Gasteiger partial charge in [-0.1, -0.05) is 19.1 Å². The van der Waals surface area contributed by atoms with E-state index >= 15 is 0 Å². The first-order valence-corrected chi connectivity index (χ1v) is 8.61. The lowest BCUT2D eigenvalue weighted by Gasteiger charge is -2.09. The van der Waals surface area contributed by atoms with Gasteiger partial charge >= 0.3 is 0 Å². The smallest absolute Gasteiger partial charge is 0.262 e. The van der Waals surface area contributed by atoms with Gasteiger partial charge in [-0.15, -0.1) is 0 Å². The first kappa shape index (κ1) is 19.7. The van der Waals surface area contributed by atoms with Crippen molar-refractivity contribution < 1.29 is 19.4 Å². The van der Waals surface area contributed by atoms with Crippen LogP contribution in [0.25, 0.3) is 0 Å². The molecule has 0 atom stereocenters. The van der Waals surface area contributed by atoms with Crippen molar-refractivity contribution in [3.8, 4) is 5.75 Å². The molecule has 140 valence electrons. The van der Waals surface area contributed by atoms with E-state index in [1.807, 2.05) is 24.3 Å². The van der Waals surface area contributed by atoms with Crippen LogP contribution in [0.1, 0.15) is 12.5 Å². The van der Waals surface area contributed by atoms with Crippen LogP contribution < -0.4 is 15.4 Å². The third kappa shape index (κ3) is 7.08. The fraction of sp³-hybridized carbons (Fsp3) is 0.368. The molecule has 0 aliphatic carbocycles. The normalized spacial score (nSPS) is 10.4. The zero-order chi connectivity index (χ0) is 18.6. The van der Waals surface area contributed by atoms with E-state index in [4.69, 9.17) is 14.6 Å². The van der Waals surface area contributed by atoms with Gasteiger partial charge in [-0.05, 0) is 36.2 Å². The molecule has 0 unspecified atom stereocenters. The highest BCUT2D eigenvalue weighted by molar-refractivity contribution is 5.91. The van der Waals surface area contributed by atoms with Crippen LogP contribution in [0.4, 0.5) is 11.5 Å². The van der Waals surface area contributed by atoms with E-state index in [9.17, 15) is 4.79 Å². The summed E-state index contributed by atoms with van der Waals surface area (Å²) in [5.41, 5.74) is 1.76. The second-order valence-corrected chi connectivity index (χ2v) is 5.53. The van der Waals surface area contributed by atoms with Crippen LogP contribution >= 0.6 is 0 Å². The summed E-state index contributed by atoms with van der Waals surface area (Å²) in [6.45, 7) is 3.42. The van der Waals surface area contributed by atoms with Gasteiger partial charge in [-0.2, -0.15) is 0 Å². The average Bonchev–Trinajstić information content (AvgIpc) is 2.68. The van der Waals surface area contributed by atoms with E-state index in [2.05, 4.69) is 22.5 Å². The Kier molecular flexibility index (Phi) is 8.38. The number of aryl methyl sites for hydroxylation is 1. The molecule has 1 aromatic heterocycles. The van der Waals surface area contributed by atoms with Gasteiger partial charge in [0.2, 0.25) is 0 Å². The first-order valence-electron chi connectivity index (χ1n) is 8.61. The molecule has 0 radical (unpaired) electrons. The van der Waals surface area contributed by atoms with E-state index in [0.717, 1.165) is 12.0 Å². The Bertz CT molecular complexity index is 677.